The van der Waals surface area contributed by atoms with E-state index in [4.69, 9.17) is 18.9 Å². The Morgan fingerprint density at radius 3 is 1.19 bits per heavy atom. The van der Waals surface area contributed by atoms with Crippen molar-refractivity contribution in [3.8, 4) is 11.5 Å². The summed E-state index contributed by atoms with van der Waals surface area (Å²) in [4.78, 5) is 13.9. The van der Waals surface area contributed by atoms with Crippen molar-refractivity contribution in [1.29, 1.82) is 0 Å². The van der Waals surface area contributed by atoms with Crippen LogP contribution in [0.3, 0.4) is 0 Å². The molecule has 2 aliphatic heterocycles. The van der Waals surface area contributed by atoms with Gasteiger partial charge in [-0.2, -0.15) is 0 Å². The molecule has 2 atom stereocenters. The summed E-state index contributed by atoms with van der Waals surface area (Å²) in [5.41, 5.74) is 11.4. The van der Waals surface area contributed by atoms with Crippen molar-refractivity contribution in [2.45, 2.75) is 57.2 Å². The molecule has 57 heavy (non-hydrogen) atoms. The van der Waals surface area contributed by atoms with E-state index < -0.39 is 5.41 Å². The molecule has 6 aromatic rings. The number of hydrogen-bond donors (Lipinski definition) is 0. The van der Waals surface area contributed by atoms with Crippen molar-refractivity contribution in [3.05, 3.63) is 201 Å². The number of epoxide rings is 1. The average Bonchev–Trinajstić information content (AvgIpc) is 4.00. The zero-order valence-corrected chi connectivity index (χ0v) is 33.2. The highest BCUT2D eigenvalue weighted by Crippen LogP contribution is 2.42. The van der Waals surface area contributed by atoms with E-state index in [9.17, 15) is 4.79 Å². The lowest BCUT2D eigenvalue weighted by Crippen LogP contribution is -2.25. The summed E-state index contributed by atoms with van der Waals surface area (Å²) in [5.74, 6) is 1.81. The monoisotopic (exact) mass is 757 g/mol. The lowest BCUT2D eigenvalue weighted by atomic mass is 9.74. The van der Waals surface area contributed by atoms with Crippen LogP contribution in [0.15, 0.2) is 146 Å². The van der Waals surface area contributed by atoms with Crippen LogP contribution in [0.5, 0.6) is 11.5 Å². The molecule has 2 unspecified atom stereocenters. The normalized spacial score (nSPS) is 16.3. The minimum Gasteiger partial charge on any atom is -0.490 e. The van der Waals surface area contributed by atoms with Gasteiger partial charge in [-0.05, 0) is 55.6 Å². The standard InChI is InChI=1S/C51H51NO5/c1-51(2,45-30-42(26-38-20-12-6-13-21-38)49(56-35-47-34-54-47)43(31-45)27-39-22-14-7-15-23-39)44-28-40(24-36-16-8-4-9-17-36)48(55-33-46-32-52(3)50(53)57-46)41(29-44)25-37-18-10-5-11-19-37/h4-23,28-31,46-47H,24-27,32-35H2,1-3H3. The SMILES string of the molecule is CN1CC(COc2c(Cc3ccccc3)cc(C(C)(C)c3cc(Cc4ccccc4)c(OCC4CO4)c(Cc4ccccc4)c3)cc2Cc2ccccc2)OC1=O. The Morgan fingerprint density at radius 2 is 0.895 bits per heavy atom. The van der Waals surface area contributed by atoms with Crippen molar-refractivity contribution in [3.63, 3.8) is 0 Å². The van der Waals surface area contributed by atoms with E-state index in [0.29, 0.717) is 26.0 Å². The molecule has 0 bridgehead atoms. The van der Waals surface area contributed by atoms with Gasteiger partial charge in [0.15, 0.2) is 6.10 Å². The summed E-state index contributed by atoms with van der Waals surface area (Å²) in [6.07, 6.45) is 2.38. The summed E-state index contributed by atoms with van der Waals surface area (Å²) in [5, 5.41) is 0. The van der Waals surface area contributed by atoms with Crippen LogP contribution in [0.2, 0.25) is 0 Å². The number of carbonyl (C=O) groups is 1. The maximum atomic E-state index is 12.3. The number of carbonyl (C=O) groups excluding carboxylic acids is 1. The second kappa shape index (κ2) is 17.1. The van der Waals surface area contributed by atoms with E-state index in [2.05, 4.69) is 159 Å². The summed E-state index contributed by atoms with van der Waals surface area (Å²) in [6, 6.07) is 51.9. The van der Waals surface area contributed by atoms with Crippen LogP contribution in [-0.4, -0.2) is 56.6 Å². The summed E-state index contributed by atoms with van der Waals surface area (Å²) < 4.78 is 24.7. The molecule has 0 aliphatic carbocycles. The van der Waals surface area contributed by atoms with E-state index in [0.717, 1.165) is 42.1 Å². The average molecular weight is 758 g/mol. The minimum absolute atomic E-state index is 0.142. The Hall–Kier alpha value is -5.85. The summed E-state index contributed by atoms with van der Waals surface area (Å²) in [7, 11) is 1.76. The zero-order chi connectivity index (χ0) is 39.2. The lowest BCUT2D eigenvalue weighted by Gasteiger charge is -2.31. The van der Waals surface area contributed by atoms with Crippen LogP contribution in [0.4, 0.5) is 4.79 Å². The molecule has 2 saturated heterocycles. The predicted molar refractivity (Wildman–Crippen MR) is 226 cm³/mol. The van der Waals surface area contributed by atoms with Gasteiger partial charge in [-0.1, -0.05) is 159 Å². The van der Waals surface area contributed by atoms with E-state index >= 15 is 0 Å². The van der Waals surface area contributed by atoms with Gasteiger partial charge in [0.1, 0.15) is 30.8 Å². The fourth-order valence-corrected chi connectivity index (χ4v) is 7.81. The predicted octanol–water partition coefficient (Wildman–Crippen LogP) is 9.98. The van der Waals surface area contributed by atoms with Crippen molar-refractivity contribution in [2.24, 2.45) is 0 Å². The number of benzene rings is 6. The molecule has 2 heterocycles. The number of cyclic esters (lactones) is 1. The molecule has 6 nitrogen and oxygen atoms in total. The number of likely N-dealkylation sites (N-methyl/N-ethyl adjacent to an activating group) is 1. The van der Waals surface area contributed by atoms with Crippen molar-refractivity contribution in [2.75, 3.05) is 33.4 Å². The summed E-state index contributed by atoms with van der Waals surface area (Å²) in [6.45, 7) is 6.73. The van der Waals surface area contributed by atoms with Crippen molar-refractivity contribution >= 4 is 6.09 Å². The first-order valence-electron chi connectivity index (χ1n) is 20.1. The van der Waals surface area contributed by atoms with Crippen LogP contribution < -0.4 is 9.47 Å². The number of rotatable bonds is 16. The van der Waals surface area contributed by atoms with Crippen LogP contribution in [-0.2, 0) is 40.6 Å². The van der Waals surface area contributed by atoms with Gasteiger partial charge in [-0.3, -0.25) is 0 Å². The second-order valence-corrected chi connectivity index (χ2v) is 16.0. The Kier molecular flexibility index (Phi) is 11.4. The molecular formula is C51H51NO5. The third-order valence-corrected chi connectivity index (χ3v) is 11.2. The molecule has 1 amide bonds. The molecule has 6 heteroatoms. The third kappa shape index (κ3) is 9.41. The van der Waals surface area contributed by atoms with Crippen LogP contribution in [0.1, 0.15) is 69.5 Å². The van der Waals surface area contributed by atoms with Gasteiger partial charge in [0.05, 0.1) is 13.2 Å². The van der Waals surface area contributed by atoms with E-state index in [-0.39, 0.29) is 24.9 Å². The summed E-state index contributed by atoms with van der Waals surface area (Å²) >= 11 is 0. The topological polar surface area (TPSA) is 60.5 Å². The molecule has 0 N–H and O–H groups in total. The Bertz CT molecular complexity index is 2140. The molecule has 0 aromatic heterocycles. The minimum atomic E-state index is -0.409. The Labute approximate surface area is 337 Å². The first-order valence-corrected chi connectivity index (χ1v) is 20.1. The molecule has 290 valence electrons. The number of hydrogen-bond acceptors (Lipinski definition) is 5. The number of nitrogens with zero attached hydrogens (tertiary/aromatic N) is 1. The Morgan fingerprint density at radius 1 is 0.561 bits per heavy atom. The van der Waals surface area contributed by atoms with Gasteiger partial charge >= 0.3 is 6.09 Å². The van der Waals surface area contributed by atoms with Gasteiger partial charge in [0.2, 0.25) is 0 Å². The van der Waals surface area contributed by atoms with Crippen LogP contribution >= 0.6 is 0 Å². The van der Waals surface area contributed by atoms with Gasteiger partial charge in [0.25, 0.3) is 0 Å². The fraction of sp³-hybridized carbons (Fsp3) is 0.275. The quantitative estimate of drug-likeness (QED) is 0.0921. The third-order valence-electron chi connectivity index (χ3n) is 11.2. The highest BCUT2D eigenvalue weighted by molar-refractivity contribution is 5.69. The van der Waals surface area contributed by atoms with Gasteiger partial charge in [0, 0.05) is 38.1 Å². The van der Waals surface area contributed by atoms with E-state index in [1.165, 1.54) is 44.5 Å². The number of amides is 1. The van der Waals surface area contributed by atoms with Gasteiger partial charge in [-0.15, -0.1) is 0 Å². The molecule has 0 saturated carbocycles. The van der Waals surface area contributed by atoms with Gasteiger partial charge < -0.3 is 23.8 Å². The molecule has 2 aliphatic rings. The number of ether oxygens (including phenoxy) is 4. The highest BCUT2D eigenvalue weighted by Gasteiger charge is 2.32. The first-order chi connectivity index (χ1) is 27.8. The Balaban J connectivity index is 1.26. The van der Waals surface area contributed by atoms with Crippen LogP contribution in [0, 0.1) is 0 Å². The van der Waals surface area contributed by atoms with Crippen molar-refractivity contribution < 1.29 is 23.7 Å². The highest BCUT2D eigenvalue weighted by atomic mass is 16.6. The first kappa shape index (κ1) is 38.0. The second-order valence-electron chi connectivity index (χ2n) is 16.0. The largest absolute Gasteiger partial charge is 0.490 e. The zero-order valence-electron chi connectivity index (χ0n) is 33.2. The van der Waals surface area contributed by atoms with Crippen molar-refractivity contribution in [1.82, 2.24) is 4.90 Å². The van der Waals surface area contributed by atoms with Gasteiger partial charge in [-0.25, -0.2) is 4.79 Å². The van der Waals surface area contributed by atoms with E-state index in [1.54, 1.807) is 11.9 Å². The maximum Gasteiger partial charge on any atom is 0.410 e. The molecule has 6 aromatic carbocycles. The molecule has 0 radical (unpaired) electrons. The lowest BCUT2D eigenvalue weighted by molar-refractivity contribution is 0.102. The maximum absolute atomic E-state index is 12.3. The fourth-order valence-electron chi connectivity index (χ4n) is 7.81. The van der Waals surface area contributed by atoms with E-state index in [1.807, 2.05) is 0 Å². The molecule has 8 rings (SSSR count). The smallest absolute Gasteiger partial charge is 0.410 e. The van der Waals surface area contributed by atoms with Crippen LogP contribution in [0.25, 0.3) is 0 Å². The molecular weight excluding hydrogens is 707 g/mol. The molecule has 2 fully saturated rings. The molecule has 0 spiro atoms.